The first kappa shape index (κ1) is 17.4. The standard InChI is InChI=1S/C17H25N3O3S/c1-17(8-10-18-11-9-17)13-19-24(22,23)15-6-4-14(5-7-15)20-12-2-3-16(20)21/h4-7,18-19H,2-3,8-13H2,1H3. The van der Waals surface area contributed by atoms with Gasteiger partial charge < -0.3 is 10.2 Å². The highest BCUT2D eigenvalue weighted by Gasteiger charge is 2.29. The average molecular weight is 351 g/mol. The third-order valence-electron chi connectivity index (χ3n) is 5.03. The first-order chi connectivity index (χ1) is 11.4. The summed E-state index contributed by atoms with van der Waals surface area (Å²) in [6, 6.07) is 6.58. The van der Waals surface area contributed by atoms with Gasteiger partial charge in [0.1, 0.15) is 0 Å². The van der Waals surface area contributed by atoms with Gasteiger partial charge in [-0.05, 0) is 62.0 Å². The Morgan fingerprint density at radius 2 is 1.88 bits per heavy atom. The Labute approximate surface area is 143 Å². The van der Waals surface area contributed by atoms with Gasteiger partial charge in [0.15, 0.2) is 0 Å². The molecule has 1 amide bonds. The van der Waals surface area contributed by atoms with Gasteiger partial charge in [-0.25, -0.2) is 13.1 Å². The van der Waals surface area contributed by atoms with E-state index in [2.05, 4.69) is 17.0 Å². The van der Waals surface area contributed by atoms with Crippen molar-refractivity contribution in [3.63, 3.8) is 0 Å². The number of hydrogen-bond donors (Lipinski definition) is 2. The van der Waals surface area contributed by atoms with Gasteiger partial charge in [-0.3, -0.25) is 4.79 Å². The quantitative estimate of drug-likeness (QED) is 0.842. The highest BCUT2D eigenvalue weighted by Crippen LogP contribution is 2.28. The van der Waals surface area contributed by atoms with Crippen LogP contribution >= 0.6 is 0 Å². The average Bonchev–Trinajstić information content (AvgIpc) is 3.00. The second-order valence-electron chi connectivity index (χ2n) is 7.03. The van der Waals surface area contributed by atoms with E-state index in [1.807, 2.05) is 0 Å². The number of hydrogen-bond acceptors (Lipinski definition) is 4. The summed E-state index contributed by atoms with van der Waals surface area (Å²) >= 11 is 0. The molecule has 0 aliphatic carbocycles. The van der Waals surface area contributed by atoms with E-state index >= 15 is 0 Å². The monoisotopic (exact) mass is 351 g/mol. The SMILES string of the molecule is CC1(CNS(=O)(=O)c2ccc(N3CCCC3=O)cc2)CCNCC1. The molecule has 132 valence electrons. The number of amides is 1. The smallest absolute Gasteiger partial charge is 0.240 e. The van der Waals surface area contributed by atoms with Crippen LogP contribution in [0.3, 0.4) is 0 Å². The summed E-state index contributed by atoms with van der Waals surface area (Å²) in [7, 11) is -3.53. The molecular weight excluding hydrogens is 326 g/mol. The van der Waals surface area contributed by atoms with E-state index in [4.69, 9.17) is 0 Å². The Bertz CT molecular complexity index is 694. The van der Waals surface area contributed by atoms with E-state index in [0.717, 1.165) is 38.0 Å². The van der Waals surface area contributed by atoms with E-state index in [0.29, 0.717) is 19.5 Å². The molecule has 2 fully saturated rings. The van der Waals surface area contributed by atoms with Crippen LogP contribution in [0, 0.1) is 5.41 Å². The molecular formula is C17H25N3O3S. The molecule has 0 radical (unpaired) electrons. The lowest BCUT2D eigenvalue weighted by Gasteiger charge is -2.34. The fraction of sp³-hybridized carbons (Fsp3) is 0.588. The second-order valence-corrected chi connectivity index (χ2v) is 8.79. The maximum absolute atomic E-state index is 12.5. The number of benzene rings is 1. The number of rotatable bonds is 5. The largest absolute Gasteiger partial charge is 0.317 e. The summed E-state index contributed by atoms with van der Waals surface area (Å²) in [6.07, 6.45) is 3.35. The molecule has 0 unspecified atom stereocenters. The van der Waals surface area contributed by atoms with E-state index in [1.165, 1.54) is 0 Å². The summed E-state index contributed by atoms with van der Waals surface area (Å²) in [4.78, 5) is 13.7. The number of nitrogens with zero attached hydrogens (tertiary/aromatic N) is 1. The lowest BCUT2D eigenvalue weighted by Crippen LogP contribution is -2.42. The van der Waals surface area contributed by atoms with Crippen molar-refractivity contribution in [2.45, 2.75) is 37.5 Å². The zero-order valence-corrected chi connectivity index (χ0v) is 14.9. The van der Waals surface area contributed by atoms with Crippen LogP contribution in [-0.4, -0.2) is 40.5 Å². The predicted molar refractivity (Wildman–Crippen MR) is 93.4 cm³/mol. The van der Waals surface area contributed by atoms with Crippen molar-refractivity contribution in [3.8, 4) is 0 Å². The van der Waals surface area contributed by atoms with Crippen LogP contribution < -0.4 is 14.9 Å². The van der Waals surface area contributed by atoms with E-state index in [9.17, 15) is 13.2 Å². The maximum atomic E-state index is 12.5. The lowest BCUT2D eigenvalue weighted by molar-refractivity contribution is -0.117. The molecule has 2 aliphatic heterocycles. The van der Waals surface area contributed by atoms with Gasteiger partial charge >= 0.3 is 0 Å². The summed E-state index contributed by atoms with van der Waals surface area (Å²) < 4.78 is 27.8. The van der Waals surface area contributed by atoms with Crippen molar-refractivity contribution in [3.05, 3.63) is 24.3 Å². The minimum Gasteiger partial charge on any atom is -0.317 e. The molecule has 0 saturated carbocycles. The Balaban J connectivity index is 1.67. The Hall–Kier alpha value is -1.44. The van der Waals surface area contributed by atoms with E-state index in [-0.39, 0.29) is 16.2 Å². The molecule has 7 heteroatoms. The topological polar surface area (TPSA) is 78.5 Å². The van der Waals surface area contributed by atoms with Crippen molar-refractivity contribution >= 4 is 21.6 Å². The van der Waals surface area contributed by atoms with Crippen molar-refractivity contribution in [1.29, 1.82) is 0 Å². The van der Waals surface area contributed by atoms with Gasteiger partial charge in [0.25, 0.3) is 0 Å². The molecule has 1 aromatic rings. The molecule has 1 aromatic carbocycles. The third kappa shape index (κ3) is 3.79. The Morgan fingerprint density at radius 1 is 1.21 bits per heavy atom. The zero-order chi connectivity index (χ0) is 17.2. The first-order valence-electron chi connectivity index (χ1n) is 8.51. The van der Waals surface area contributed by atoms with Crippen LogP contribution in [0.2, 0.25) is 0 Å². The first-order valence-corrected chi connectivity index (χ1v) is 9.99. The molecule has 2 aliphatic rings. The number of sulfonamides is 1. The molecule has 2 N–H and O–H groups in total. The zero-order valence-electron chi connectivity index (χ0n) is 14.0. The minimum absolute atomic E-state index is 0.000229. The lowest BCUT2D eigenvalue weighted by atomic mass is 9.81. The number of piperidine rings is 1. The van der Waals surface area contributed by atoms with Gasteiger partial charge in [-0.15, -0.1) is 0 Å². The van der Waals surface area contributed by atoms with Gasteiger partial charge in [-0.2, -0.15) is 0 Å². The highest BCUT2D eigenvalue weighted by molar-refractivity contribution is 7.89. The van der Waals surface area contributed by atoms with Gasteiger partial charge in [0.2, 0.25) is 15.9 Å². The molecule has 24 heavy (non-hydrogen) atoms. The fourth-order valence-electron chi connectivity index (χ4n) is 3.29. The number of nitrogens with one attached hydrogen (secondary N) is 2. The van der Waals surface area contributed by atoms with E-state index < -0.39 is 10.0 Å². The third-order valence-corrected chi connectivity index (χ3v) is 6.45. The van der Waals surface area contributed by atoms with Crippen LogP contribution in [0.15, 0.2) is 29.2 Å². The molecule has 0 spiro atoms. The van der Waals surface area contributed by atoms with Gasteiger partial charge in [0.05, 0.1) is 4.90 Å². The minimum atomic E-state index is -3.53. The normalized spacial score (nSPS) is 21.2. The Morgan fingerprint density at radius 3 is 2.46 bits per heavy atom. The predicted octanol–water partition coefficient (Wildman–Crippen LogP) is 1.48. The molecule has 2 heterocycles. The van der Waals surface area contributed by atoms with Crippen LogP contribution in [0.25, 0.3) is 0 Å². The van der Waals surface area contributed by atoms with Crippen LogP contribution in [-0.2, 0) is 14.8 Å². The second kappa shape index (κ2) is 6.82. The number of anilines is 1. The number of carbonyl (C=O) groups excluding carboxylic acids is 1. The molecule has 2 saturated heterocycles. The summed E-state index contributed by atoms with van der Waals surface area (Å²) in [5.74, 6) is 0.0996. The van der Waals surface area contributed by atoms with Crippen molar-refractivity contribution < 1.29 is 13.2 Å². The van der Waals surface area contributed by atoms with Crippen LogP contribution in [0.4, 0.5) is 5.69 Å². The van der Waals surface area contributed by atoms with Gasteiger partial charge in [0, 0.05) is 25.2 Å². The maximum Gasteiger partial charge on any atom is 0.240 e. The van der Waals surface area contributed by atoms with Crippen molar-refractivity contribution in [2.75, 3.05) is 31.1 Å². The summed E-state index contributed by atoms with van der Waals surface area (Å²) in [6.45, 7) is 5.13. The summed E-state index contributed by atoms with van der Waals surface area (Å²) in [5.41, 5.74) is 0.766. The van der Waals surface area contributed by atoms with Gasteiger partial charge in [-0.1, -0.05) is 6.92 Å². The summed E-state index contributed by atoms with van der Waals surface area (Å²) in [5, 5.41) is 3.30. The molecule has 0 atom stereocenters. The van der Waals surface area contributed by atoms with Crippen LogP contribution in [0.5, 0.6) is 0 Å². The van der Waals surface area contributed by atoms with Crippen molar-refractivity contribution in [1.82, 2.24) is 10.0 Å². The fourth-order valence-corrected chi connectivity index (χ4v) is 4.49. The molecule has 0 aromatic heterocycles. The van der Waals surface area contributed by atoms with Crippen LogP contribution in [0.1, 0.15) is 32.6 Å². The Kier molecular flexibility index (Phi) is 4.94. The highest BCUT2D eigenvalue weighted by atomic mass is 32.2. The number of carbonyl (C=O) groups is 1. The van der Waals surface area contributed by atoms with Crippen molar-refractivity contribution in [2.24, 2.45) is 5.41 Å². The van der Waals surface area contributed by atoms with E-state index in [1.54, 1.807) is 29.2 Å². The molecule has 0 bridgehead atoms. The molecule has 6 nitrogen and oxygen atoms in total. The molecule has 3 rings (SSSR count).